The number of amides is 1. The van der Waals surface area contributed by atoms with E-state index in [1.54, 1.807) is 18.2 Å². The van der Waals surface area contributed by atoms with Gasteiger partial charge in [0.2, 0.25) is 5.91 Å². The summed E-state index contributed by atoms with van der Waals surface area (Å²) >= 11 is 11.7. The van der Waals surface area contributed by atoms with Gasteiger partial charge in [0.05, 0.1) is 13.0 Å². The van der Waals surface area contributed by atoms with Crippen molar-refractivity contribution < 1.29 is 14.3 Å². The monoisotopic (exact) mass is 379 g/mol. The molecule has 2 aromatic carbocycles. The average molecular weight is 380 g/mol. The summed E-state index contributed by atoms with van der Waals surface area (Å²) in [4.78, 5) is 23.5. The van der Waals surface area contributed by atoms with Gasteiger partial charge in [0.1, 0.15) is 0 Å². The van der Waals surface area contributed by atoms with Crippen LogP contribution in [0.25, 0.3) is 0 Å². The summed E-state index contributed by atoms with van der Waals surface area (Å²) in [5.41, 5.74) is 1.71. The number of rotatable bonds is 8. The van der Waals surface area contributed by atoms with Gasteiger partial charge in [0, 0.05) is 22.2 Å². The van der Waals surface area contributed by atoms with E-state index in [2.05, 4.69) is 5.32 Å². The Labute approximate surface area is 157 Å². The summed E-state index contributed by atoms with van der Waals surface area (Å²) in [5.74, 6) is -0.674. The Balaban J connectivity index is 1.63. The van der Waals surface area contributed by atoms with E-state index in [1.165, 1.54) is 5.56 Å². The zero-order valence-corrected chi connectivity index (χ0v) is 15.1. The smallest absolute Gasteiger partial charge is 0.306 e. The van der Waals surface area contributed by atoms with Gasteiger partial charge in [-0.1, -0.05) is 53.5 Å². The lowest BCUT2D eigenvalue weighted by Crippen LogP contribution is -2.15. The predicted molar refractivity (Wildman–Crippen MR) is 100 cm³/mol. The number of aryl methyl sites for hydroxylation is 1. The molecule has 0 unspecified atom stereocenters. The molecule has 1 N–H and O–H groups in total. The SMILES string of the molecule is O=C(CCC(=O)OCCCc1ccccc1)Nc1cc(Cl)cc(Cl)c1. The van der Waals surface area contributed by atoms with Crippen LogP contribution in [-0.2, 0) is 20.7 Å². The Hall–Kier alpha value is -2.04. The third-order valence-corrected chi connectivity index (χ3v) is 3.85. The van der Waals surface area contributed by atoms with E-state index >= 15 is 0 Å². The summed E-state index contributed by atoms with van der Waals surface area (Å²) in [6, 6.07) is 14.8. The number of benzene rings is 2. The van der Waals surface area contributed by atoms with Crippen molar-refractivity contribution in [1.82, 2.24) is 0 Å². The molecular formula is C19H19Cl2NO3. The average Bonchev–Trinajstić information content (AvgIpc) is 2.57. The van der Waals surface area contributed by atoms with Crippen LogP contribution in [0.2, 0.25) is 10.0 Å². The van der Waals surface area contributed by atoms with Crippen molar-refractivity contribution in [3.8, 4) is 0 Å². The summed E-state index contributed by atoms with van der Waals surface area (Å²) in [6.45, 7) is 0.346. The molecule has 0 fully saturated rings. The number of esters is 1. The molecule has 2 aromatic rings. The minimum absolute atomic E-state index is 0.0332. The lowest BCUT2D eigenvalue weighted by atomic mass is 10.1. The molecule has 0 aromatic heterocycles. The van der Waals surface area contributed by atoms with Crippen molar-refractivity contribution >= 4 is 40.8 Å². The fourth-order valence-electron chi connectivity index (χ4n) is 2.24. The van der Waals surface area contributed by atoms with Crippen LogP contribution in [0, 0.1) is 0 Å². The highest BCUT2D eigenvalue weighted by atomic mass is 35.5. The lowest BCUT2D eigenvalue weighted by molar-refractivity contribution is -0.144. The normalized spacial score (nSPS) is 10.3. The molecule has 2 rings (SSSR count). The maximum Gasteiger partial charge on any atom is 0.306 e. The van der Waals surface area contributed by atoms with Crippen molar-refractivity contribution in [3.63, 3.8) is 0 Å². The zero-order valence-electron chi connectivity index (χ0n) is 13.6. The number of nitrogens with one attached hydrogen (secondary N) is 1. The number of ether oxygens (including phenoxy) is 1. The summed E-state index contributed by atoms with van der Waals surface area (Å²) in [7, 11) is 0. The molecule has 132 valence electrons. The summed E-state index contributed by atoms with van der Waals surface area (Å²) in [5, 5.41) is 3.51. The molecule has 0 saturated carbocycles. The van der Waals surface area contributed by atoms with Crippen LogP contribution in [-0.4, -0.2) is 18.5 Å². The first-order valence-corrected chi connectivity index (χ1v) is 8.74. The van der Waals surface area contributed by atoms with Gasteiger partial charge in [0.15, 0.2) is 0 Å². The van der Waals surface area contributed by atoms with Crippen molar-refractivity contribution in [2.75, 3.05) is 11.9 Å². The molecule has 6 heteroatoms. The highest BCUT2D eigenvalue weighted by Gasteiger charge is 2.09. The second-order valence-corrected chi connectivity index (χ2v) is 6.39. The first kappa shape index (κ1) is 19.3. The van der Waals surface area contributed by atoms with Gasteiger partial charge in [-0.25, -0.2) is 0 Å². The molecule has 1 amide bonds. The maximum absolute atomic E-state index is 11.8. The van der Waals surface area contributed by atoms with Gasteiger partial charge >= 0.3 is 5.97 Å². The Morgan fingerprint density at radius 1 is 0.960 bits per heavy atom. The van der Waals surface area contributed by atoms with Gasteiger partial charge in [-0.05, 0) is 36.6 Å². The fraction of sp³-hybridized carbons (Fsp3) is 0.263. The highest BCUT2D eigenvalue weighted by Crippen LogP contribution is 2.22. The van der Waals surface area contributed by atoms with E-state index in [9.17, 15) is 9.59 Å². The topological polar surface area (TPSA) is 55.4 Å². The van der Waals surface area contributed by atoms with Gasteiger partial charge in [-0.2, -0.15) is 0 Å². The number of anilines is 1. The predicted octanol–water partition coefficient (Wildman–Crippen LogP) is 4.89. The van der Waals surface area contributed by atoms with E-state index in [0.29, 0.717) is 22.3 Å². The Kier molecular flexibility index (Phi) is 7.76. The summed E-state index contributed by atoms with van der Waals surface area (Å²) in [6.07, 6.45) is 1.68. The van der Waals surface area contributed by atoms with Gasteiger partial charge in [-0.15, -0.1) is 0 Å². The molecule has 0 aliphatic rings. The molecule has 25 heavy (non-hydrogen) atoms. The molecule has 0 atom stereocenters. The first-order chi connectivity index (χ1) is 12.0. The Morgan fingerprint density at radius 3 is 2.32 bits per heavy atom. The van der Waals surface area contributed by atoms with Crippen LogP contribution in [0.5, 0.6) is 0 Å². The third kappa shape index (κ3) is 7.59. The minimum atomic E-state index is -0.382. The van der Waals surface area contributed by atoms with E-state index < -0.39 is 0 Å². The standard InChI is InChI=1S/C19H19Cl2NO3/c20-15-11-16(21)13-17(12-15)22-18(23)8-9-19(24)25-10-4-7-14-5-2-1-3-6-14/h1-3,5-6,11-13H,4,7-10H2,(H,22,23). The van der Waals surface area contributed by atoms with Gasteiger partial charge in [-0.3, -0.25) is 9.59 Å². The van der Waals surface area contributed by atoms with E-state index in [-0.39, 0.29) is 24.7 Å². The molecule has 0 spiro atoms. The zero-order chi connectivity index (χ0) is 18.1. The van der Waals surface area contributed by atoms with Crippen molar-refractivity contribution in [2.24, 2.45) is 0 Å². The van der Waals surface area contributed by atoms with E-state index in [4.69, 9.17) is 27.9 Å². The number of carbonyl (C=O) groups is 2. The van der Waals surface area contributed by atoms with Crippen LogP contribution < -0.4 is 5.32 Å². The van der Waals surface area contributed by atoms with Crippen molar-refractivity contribution in [1.29, 1.82) is 0 Å². The number of halogens is 2. The lowest BCUT2D eigenvalue weighted by Gasteiger charge is -2.07. The van der Waals surface area contributed by atoms with Crippen molar-refractivity contribution in [3.05, 3.63) is 64.1 Å². The molecule has 0 bridgehead atoms. The molecule has 0 saturated heterocycles. The molecule has 0 heterocycles. The molecular weight excluding hydrogens is 361 g/mol. The quantitative estimate of drug-likeness (QED) is 0.524. The fourth-order valence-corrected chi connectivity index (χ4v) is 2.77. The highest BCUT2D eigenvalue weighted by molar-refractivity contribution is 6.35. The van der Waals surface area contributed by atoms with Crippen LogP contribution >= 0.6 is 23.2 Å². The van der Waals surface area contributed by atoms with Crippen LogP contribution in [0.3, 0.4) is 0 Å². The van der Waals surface area contributed by atoms with E-state index in [1.807, 2.05) is 30.3 Å². The molecule has 0 aliphatic heterocycles. The van der Waals surface area contributed by atoms with Gasteiger partial charge in [0.25, 0.3) is 0 Å². The van der Waals surface area contributed by atoms with Crippen LogP contribution in [0.15, 0.2) is 48.5 Å². The van der Waals surface area contributed by atoms with Crippen LogP contribution in [0.1, 0.15) is 24.8 Å². The number of hydrogen-bond acceptors (Lipinski definition) is 3. The second kappa shape index (κ2) is 10.1. The maximum atomic E-state index is 11.8. The molecule has 0 aliphatic carbocycles. The minimum Gasteiger partial charge on any atom is -0.466 e. The largest absolute Gasteiger partial charge is 0.466 e. The van der Waals surface area contributed by atoms with Crippen LogP contribution in [0.4, 0.5) is 5.69 Å². The molecule has 4 nitrogen and oxygen atoms in total. The number of hydrogen-bond donors (Lipinski definition) is 1. The Morgan fingerprint density at radius 2 is 1.64 bits per heavy atom. The second-order valence-electron chi connectivity index (χ2n) is 5.52. The van der Waals surface area contributed by atoms with Gasteiger partial charge < -0.3 is 10.1 Å². The van der Waals surface area contributed by atoms with E-state index in [0.717, 1.165) is 12.8 Å². The Bertz CT molecular complexity index is 700. The summed E-state index contributed by atoms with van der Waals surface area (Å²) < 4.78 is 5.14. The molecule has 0 radical (unpaired) electrons. The first-order valence-electron chi connectivity index (χ1n) is 7.98. The number of carbonyl (C=O) groups excluding carboxylic acids is 2. The van der Waals surface area contributed by atoms with Crippen molar-refractivity contribution in [2.45, 2.75) is 25.7 Å². The third-order valence-electron chi connectivity index (χ3n) is 3.42.